The van der Waals surface area contributed by atoms with Crippen LogP contribution in [0.4, 0.5) is 0 Å². The summed E-state index contributed by atoms with van der Waals surface area (Å²) in [6.07, 6.45) is 6.48. The van der Waals surface area contributed by atoms with Crippen LogP contribution >= 0.6 is 11.3 Å². The minimum atomic E-state index is -0.856. The molecule has 0 aliphatic heterocycles. The molecule has 1 aliphatic rings. The summed E-state index contributed by atoms with van der Waals surface area (Å²) in [4.78, 5) is 12.3. The Bertz CT molecular complexity index is 386. The highest BCUT2D eigenvalue weighted by Crippen LogP contribution is 2.21. The molecule has 3 nitrogen and oxygen atoms in total. The Labute approximate surface area is 98.8 Å². The molecule has 1 aromatic rings. The van der Waals surface area contributed by atoms with Gasteiger partial charge in [0.05, 0.1) is 17.0 Å². The molecule has 1 unspecified atom stereocenters. The first-order chi connectivity index (χ1) is 7.70. The Hall–Kier alpha value is -1.13. The second-order valence-corrected chi connectivity index (χ2v) is 5.01. The summed E-state index contributed by atoms with van der Waals surface area (Å²) in [6.45, 7) is 0.292. The average Bonchev–Trinajstić information content (AvgIpc) is 2.80. The second kappa shape index (κ2) is 4.80. The fraction of sp³-hybridized carbons (Fsp3) is 0.417. The Morgan fingerprint density at radius 1 is 1.62 bits per heavy atom. The average molecular weight is 237 g/mol. The molecule has 4 heteroatoms. The molecule has 0 saturated heterocycles. The third kappa shape index (κ3) is 2.71. The molecular formula is C12H15NO2S. The van der Waals surface area contributed by atoms with Gasteiger partial charge in [-0.3, -0.25) is 4.79 Å². The lowest BCUT2D eigenvalue weighted by Gasteiger charge is -2.27. The number of hydrogen-bond donors (Lipinski definition) is 2. The van der Waals surface area contributed by atoms with E-state index >= 15 is 0 Å². The van der Waals surface area contributed by atoms with Crippen molar-refractivity contribution in [2.24, 2.45) is 0 Å². The van der Waals surface area contributed by atoms with Crippen molar-refractivity contribution in [3.8, 4) is 0 Å². The summed E-state index contributed by atoms with van der Waals surface area (Å²) < 4.78 is 0. The largest absolute Gasteiger partial charge is 0.384 e. The number of nitrogens with one attached hydrogen (secondary N) is 1. The Balaban J connectivity index is 1.90. The maximum atomic E-state index is 11.7. The highest BCUT2D eigenvalue weighted by atomic mass is 32.1. The molecular weight excluding hydrogens is 222 g/mol. The van der Waals surface area contributed by atoms with Gasteiger partial charge in [-0.2, -0.15) is 0 Å². The molecule has 2 rings (SSSR count). The van der Waals surface area contributed by atoms with Crippen LogP contribution in [0.2, 0.25) is 0 Å². The summed E-state index contributed by atoms with van der Waals surface area (Å²) in [5.41, 5.74) is -0.856. The van der Waals surface area contributed by atoms with E-state index in [9.17, 15) is 9.90 Å². The lowest BCUT2D eigenvalue weighted by atomic mass is 9.91. The van der Waals surface area contributed by atoms with E-state index < -0.39 is 5.60 Å². The SMILES string of the molecule is O=C(NCC1(O)C=CCCC1)c1cccs1. The first-order valence-corrected chi connectivity index (χ1v) is 6.29. The van der Waals surface area contributed by atoms with E-state index in [0.717, 1.165) is 12.8 Å². The van der Waals surface area contributed by atoms with Crippen molar-refractivity contribution in [3.63, 3.8) is 0 Å². The van der Waals surface area contributed by atoms with E-state index in [2.05, 4.69) is 5.32 Å². The molecule has 0 radical (unpaired) electrons. The van der Waals surface area contributed by atoms with Crippen LogP contribution in [0.25, 0.3) is 0 Å². The Morgan fingerprint density at radius 3 is 3.12 bits per heavy atom. The number of carbonyl (C=O) groups excluding carboxylic acids is 1. The fourth-order valence-electron chi connectivity index (χ4n) is 1.79. The van der Waals surface area contributed by atoms with E-state index in [-0.39, 0.29) is 5.91 Å². The van der Waals surface area contributed by atoms with Crippen molar-refractivity contribution in [2.75, 3.05) is 6.54 Å². The zero-order valence-electron chi connectivity index (χ0n) is 8.98. The van der Waals surface area contributed by atoms with Gasteiger partial charge in [0.1, 0.15) is 0 Å². The third-order valence-electron chi connectivity index (χ3n) is 2.71. The van der Waals surface area contributed by atoms with Crippen LogP contribution in [0, 0.1) is 0 Å². The fourth-order valence-corrected chi connectivity index (χ4v) is 2.43. The minimum Gasteiger partial charge on any atom is -0.384 e. The van der Waals surface area contributed by atoms with Crippen LogP contribution in [0.15, 0.2) is 29.7 Å². The maximum Gasteiger partial charge on any atom is 0.261 e. The molecule has 0 saturated carbocycles. The third-order valence-corrected chi connectivity index (χ3v) is 3.58. The van der Waals surface area contributed by atoms with Gasteiger partial charge in [-0.05, 0) is 30.7 Å². The minimum absolute atomic E-state index is 0.109. The van der Waals surface area contributed by atoms with Crippen LogP contribution in [-0.2, 0) is 0 Å². The van der Waals surface area contributed by atoms with E-state index in [4.69, 9.17) is 0 Å². The van der Waals surface area contributed by atoms with Crippen molar-refractivity contribution < 1.29 is 9.90 Å². The number of carbonyl (C=O) groups is 1. The predicted molar refractivity (Wildman–Crippen MR) is 64.6 cm³/mol. The first-order valence-electron chi connectivity index (χ1n) is 5.41. The first kappa shape index (κ1) is 11.4. The van der Waals surface area contributed by atoms with Gasteiger partial charge in [-0.1, -0.05) is 18.2 Å². The smallest absolute Gasteiger partial charge is 0.261 e. The molecule has 2 N–H and O–H groups in total. The summed E-state index contributed by atoms with van der Waals surface area (Å²) in [5, 5.41) is 14.8. The molecule has 0 bridgehead atoms. The molecule has 16 heavy (non-hydrogen) atoms. The number of thiophene rings is 1. The second-order valence-electron chi connectivity index (χ2n) is 4.06. The number of hydrogen-bond acceptors (Lipinski definition) is 3. The molecule has 1 amide bonds. The summed E-state index contributed by atoms with van der Waals surface area (Å²) in [7, 11) is 0. The van der Waals surface area contributed by atoms with Gasteiger partial charge in [-0.15, -0.1) is 11.3 Å². The van der Waals surface area contributed by atoms with Crippen molar-refractivity contribution in [3.05, 3.63) is 34.5 Å². The van der Waals surface area contributed by atoms with Crippen LogP contribution in [0.5, 0.6) is 0 Å². The summed E-state index contributed by atoms with van der Waals surface area (Å²) >= 11 is 1.40. The standard InChI is InChI=1S/C12H15NO2S/c14-11(10-5-4-8-16-10)13-9-12(15)6-2-1-3-7-12/h2,4-6,8,15H,1,3,7,9H2,(H,13,14). The topological polar surface area (TPSA) is 49.3 Å². The lowest BCUT2D eigenvalue weighted by Crippen LogP contribution is -2.42. The summed E-state index contributed by atoms with van der Waals surface area (Å²) in [5.74, 6) is -0.109. The van der Waals surface area contributed by atoms with Crippen molar-refractivity contribution >= 4 is 17.2 Å². The van der Waals surface area contributed by atoms with Gasteiger partial charge in [0.25, 0.3) is 5.91 Å². The number of rotatable bonds is 3. The number of allylic oxidation sites excluding steroid dienone is 1. The lowest BCUT2D eigenvalue weighted by molar-refractivity contribution is 0.0662. The zero-order valence-corrected chi connectivity index (χ0v) is 9.80. The van der Waals surface area contributed by atoms with Crippen molar-refractivity contribution in [1.29, 1.82) is 0 Å². The van der Waals surface area contributed by atoms with Gasteiger partial charge in [0.2, 0.25) is 0 Å². The monoisotopic (exact) mass is 237 g/mol. The van der Waals surface area contributed by atoms with E-state index in [1.807, 2.05) is 17.5 Å². The van der Waals surface area contributed by atoms with Gasteiger partial charge < -0.3 is 10.4 Å². The molecule has 0 aromatic carbocycles. The van der Waals surface area contributed by atoms with Crippen molar-refractivity contribution in [2.45, 2.75) is 24.9 Å². The molecule has 1 aliphatic carbocycles. The molecule has 0 spiro atoms. The van der Waals surface area contributed by atoms with E-state index in [1.54, 1.807) is 12.1 Å². The van der Waals surface area contributed by atoms with Crippen LogP contribution in [-0.4, -0.2) is 23.2 Å². The van der Waals surface area contributed by atoms with Gasteiger partial charge in [-0.25, -0.2) is 0 Å². The normalized spacial score (nSPS) is 24.3. The van der Waals surface area contributed by atoms with Gasteiger partial charge >= 0.3 is 0 Å². The van der Waals surface area contributed by atoms with E-state index in [0.29, 0.717) is 17.8 Å². The maximum absolute atomic E-state index is 11.7. The Morgan fingerprint density at radius 2 is 2.50 bits per heavy atom. The number of amides is 1. The quantitative estimate of drug-likeness (QED) is 0.789. The molecule has 1 atom stereocenters. The van der Waals surface area contributed by atoms with Crippen LogP contribution < -0.4 is 5.32 Å². The highest BCUT2D eigenvalue weighted by Gasteiger charge is 2.25. The van der Waals surface area contributed by atoms with E-state index in [1.165, 1.54) is 11.3 Å². The highest BCUT2D eigenvalue weighted by molar-refractivity contribution is 7.12. The van der Waals surface area contributed by atoms with Gasteiger partial charge in [0, 0.05) is 0 Å². The molecule has 1 aromatic heterocycles. The zero-order chi connectivity index (χ0) is 11.4. The molecule has 86 valence electrons. The predicted octanol–water partition coefficient (Wildman–Crippen LogP) is 1.95. The molecule has 0 fully saturated rings. The van der Waals surface area contributed by atoms with Crippen molar-refractivity contribution in [1.82, 2.24) is 5.32 Å². The van der Waals surface area contributed by atoms with Gasteiger partial charge in [0.15, 0.2) is 0 Å². The molecule has 1 heterocycles. The Kier molecular flexibility index (Phi) is 3.41. The van der Waals surface area contributed by atoms with Crippen LogP contribution in [0.1, 0.15) is 28.9 Å². The van der Waals surface area contributed by atoms with Crippen LogP contribution in [0.3, 0.4) is 0 Å². The summed E-state index contributed by atoms with van der Waals surface area (Å²) in [6, 6.07) is 3.62. The number of aliphatic hydroxyl groups is 1.